The van der Waals surface area contributed by atoms with Gasteiger partial charge in [-0.05, 0) is 30.9 Å². The van der Waals surface area contributed by atoms with Gasteiger partial charge in [0, 0.05) is 19.5 Å². The number of benzene rings is 1. The SMILES string of the molecule is COC(=O)c1ccccc1N1CC(C(=O)NCC2CCCCC2C(=O)OC)CC1=O. The highest BCUT2D eigenvalue weighted by molar-refractivity contribution is 6.05. The Morgan fingerprint density at radius 1 is 1.10 bits per heavy atom. The third-order valence-corrected chi connectivity index (χ3v) is 6.05. The molecule has 1 saturated heterocycles. The molecule has 2 aliphatic rings. The molecule has 0 aromatic heterocycles. The molecule has 2 fully saturated rings. The van der Waals surface area contributed by atoms with Crippen molar-refractivity contribution in [1.82, 2.24) is 5.32 Å². The Hall–Kier alpha value is -2.90. The Bertz CT molecular complexity index is 824. The van der Waals surface area contributed by atoms with Crippen LogP contribution in [0.1, 0.15) is 42.5 Å². The topological polar surface area (TPSA) is 102 Å². The number of esters is 2. The Morgan fingerprint density at radius 2 is 1.83 bits per heavy atom. The van der Waals surface area contributed by atoms with E-state index in [4.69, 9.17) is 9.47 Å². The van der Waals surface area contributed by atoms with Gasteiger partial charge in [-0.25, -0.2) is 4.79 Å². The van der Waals surface area contributed by atoms with Gasteiger partial charge in [0.2, 0.25) is 11.8 Å². The van der Waals surface area contributed by atoms with E-state index in [2.05, 4.69) is 5.32 Å². The molecule has 8 nitrogen and oxygen atoms in total. The number of methoxy groups -OCH3 is 2. The summed E-state index contributed by atoms with van der Waals surface area (Å²) in [6.07, 6.45) is 3.71. The summed E-state index contributed by atoms with van der Waals surface area (Å²) in [7, 11) is 2.67. The molecule has 2 amide bonds. The summed E-state index contributed by atoms with van der Waals surface area (Å²) in [5.74, 6) is -1.84. The van der Waals surface area contributed by atoms with Crippen LogP contribution in [0, 0.1) is 17.8 Å². The van der Waals surface area contributed by atoms with Crippen molar-refractivity contribution in [2.75, 3.05) is 32.2 Å². The first kappa shape index (κ1) is 21.8. The van der Waals surface area contributed by atoms with Crippen LogP contribution in [0.5, 0.6) is 0 Å². The van der Waals surface area contributed by atoms with Crippen LogP contribution in [-0.2, 0) is 23.9 Å². The quantitative estimate of drug-likeness (QED) is 0.711. The number of carbonyl (C=O) groups is 4. The third kappa shape index (κ3) is 4.63. The average molecular weight is 416 g/mol. The minimum atomic E-state index is -0.530. The zero-order valence-electron chi connectivity index (χ0n) is 17.4. The molecule has 1 aromatic carbocycles. The van der Waals surface area contributed by atoms with E-state index in [1.165, 1.54) is 19.1 Å². The van der Waals surface area contributed by atoms with Crippen LogP contribution in [0.4, 0.5) is 5.69 Å². The number of rotatable bonds is 6. The van der Waals surface area contributed by atoms with E-state index in [1.54, 1.807) is 24.3 Å². The molecule has 1 saturated carbocycles. The zero-order valence-corrected chi connectivity index (χ0v) is 17.4. The van der Waals surface area contributed by atoms with E-state index >= 15 is 0 Å². The van der Waals surface area contributed by atoms with Crippen molar-refractivity contribution in [2.45, 2.75) is 32.1 Å². The lowest BCUT2D eigenvalue weighted by molar-refractivity contribution is -0.149. The first-order valence-corrected chi connectivity index (χ1v) is 10.3. The van der Waals surface area contributed by atoms with Gasteiger partial charge < -0.3 is 19.7 Å². The van der Waals surface area contributed by atoms with Gasteiger partial charge in [-0.2, -0.15) is 0 Å². The molecule has 1 aliphatic heterocycles. The van der Waals surface area contributed by atoms with Gasteiger partial charge in [0.05, 0.1) is 37.3 Å². The molecule has 1 aliphatic carbocycles. The van der Waals surface area contributed by atoms with Crippen LogP contribution in [0.15, 0.2) is 24.3 Å². The Balaban J connectivity index is 1.63. The monoisotopic (exact) mass is 416 g/mol. The molecule has 162 valence electrons. The Morgan fingerprint density at radius 3 is 2.57 bits per heavy atom. The first-order chi connectivity index (χ1) is 14.5. The van der Waals surface area contributed by atoms with Crippen LogP contribution in [0.3, 0.4) is 0 Å². The molecule has 3 rings (SSSR count). The number of nitrogens with one attached hydrogen (secondary N) is 1. The van der Waals surface area contributed by atoms with Gasteiger partial charge in [0.1, 0.15) is 0 Å². The van der Waals surface area contributed by atoms with Gasteiger partial charge in [-0.15, -0.1) is 0 Å². The number of carbonyl (C=O) groups excluding carboxylic acids is 4. The maximum atomic E-state index is 12.7. The fourth-order valence-corrected chi connectivity index (χ4v) is 4.40. The standard InChI is InChI=1S/C22H28N2O6/c1-29-21(27)16-8-4-3-7-14(16)12-23-20(26)15-11-19(25)24(13-15)18-10-6-5-9-17(18)22(28)30-2/h5-6,9-10,14-16H,3-4,7-8,11-13H2,1-2H3,(H,23,26). The van der Waals surface area contributed by atoms with E-state index in [0.29, 0.717) is 12.2 Å². The van der Waals surface area contributed by atoms with Crippen LogP contribution < -0.4 is 10.2 Å². The molecule has 0 bridgehead atoms. The summed E-state index contributed by atoms with van der Waals surface area (Å²) in [6.45, 7) is 0.589. The molecule has 1 N–H and O–H groups in total. The average Bonchev–Trinajstić information content (AvgIpc) is 3.18. The van der Waals surface area contributed by atoms with E-state index in [-0.39, 0.29) is 48.1 Å². The lowest BCUT2D eigenvalue weighted by Gasteiger charge is -2.29. The second kappa shape index (κ2) is 9.73. The first-order valence-electron chi connectivity index (χ1n) is 10.3. The number of nitrogens with zero attached hydrogens (tertiary/aromatic N) is 1. The largest absolute Gasteiger partial charge is 0.469 e. The van der Waals surface area contributed by atoms with Gasteiger partial charge >= 0.3 is 11.9 Å². The highest BCUT2D eigenvalue weighted by Gasteiger charge is 2.38. The molecule has 0 spiro atoms. The van der Waals surface area contributed by atoms with Crippen molar-refractivity contribution < 1.29 is 28.7 Å². The second-order valence-electron chi connectivity index (χ2n) is 7.83. The summed E-state index contributed by atoms with van der Waals surface area (Å²) in [5.41, 5.74) is 0.736. The minimum Gasteiger partial charge on any atom is -0.469 e. The molecule has 1 aromatic rings. The predicted molar refractivity (Wildman–Crippen MR) is 109 cm³/mol. The number of ether oxygens (including phenoxy) is 2. The molecular formula is C22H28N2O6. The molecule has 30 heavy (non-hydrogen) atoms. The van der Waals surface area contributed by atoms with Crippen LogP contribution in [-0.4, -0.2) is 51.1 Å². The van der Waals surface area contributed by atoms with E-state index in [9.17, 15) is 19.2 Å². The summed E-state index contributed by atoms with van der Waals surface area (Å²) in [5, 5.41) is 2.93. The predicted octanol–water partition coefficient (Wildman–Crippen LogP) is 1.92. The molecule has 8 heteroatoms. The van der Waals surface area contributed by atoms with E-state index in [0.717, 1.165) is 25.7 Å². The smallest absolute Gasteiger partial charge is 0.339 e. The van der Waals surface area contributed by atoms with Crippen molar-refractivity contribution in [2.24, 2.45) is 17.8 Å². The number of hydrogen-bond donors (Lipinski definition) is 1. The molecule has 1 heterocycles. The number of anilines is 1. The number of hydrogen-bond acceptors (Lipinski definition) is 6. The Labute approximate surface area is 175 Å². The van der Waals surface area contributed by atoms with Gasteiger partial charge in [0.15, 0.2) is 0 Å². The molecule has 0 radical (unpaired) electrons. The highest BCUT2D eigenvalue weighted by atomic mass is 16.5. The number of para-hydroxylation sites is 1. The fourth-order valence-electron chi connectivity index (χ4n) is 4.40. The normalized spacial score (nSPS) is 23.7. The van der Waals surface area contributed by atoms with Crippen molar-refractivity contribution >= 4 is 29.4 Å². The Kier molecular flexibility index (Phi) is 7.07. The molecule has 3 atom stereocenters. The molecular weight excluding hydrogens is 388 g/mol. The maximum Gasteiger partial charge on any atom is 0.339 e. The van der Waals surface area contributed by atoms with Crippen LogP contribution in [0.2, 0.25) is 0 Å². The molecule has 3 unspecified atom stereocenters. The zero-order chi connectivity index (χ0) is 21.7. The van der Waals surface area contributed by atoms with Crippen LogP contribution in [0.25, 0.3) is 0 Å². The maximum absolute atomic E-state index is 12.7. The summed E-state index contributed by atoms with van der Waals surface area (Å²) in [6, 6.07) is 6.70. The van der Waals surface area contributed by atoms with Crippen molar-refractivity contribution in [3.05, 3.63) is 29.8 Å². The fraction of sp³-hybridized carbons (Fsp3) is 0.545. The summed E-state index contributed by atoms with van der Waals surface area (Å²) < 4.78 is 9.70. The van der Waals surface area contributed by atoms with Crippen molar-refractivity contribution in [3.63, 3.8) is 0 Å². The van der Waals surface area contributed by atoms with Gasteiger partial charge in [-0.3, -0.25) is 14.4 Å². The van der Waals surface area contributed by atoms with E-state index < -0.39 is 11.9 Å². The summed E-state index contributed by atoms with van der Waals surface area (Å²) in [4.78, 5) is 50.8. The van der Waals surface area contributed by atoms with Crippen molar-refractivity contribution in [3.8, 4) is 0 Å². The van der Waals surface area contributed by atoms with Crippen molar-refractivity contribution in [1.29, 1.82) is 0 Å². The highest BCUT2D eigenvalue weighted by Crippen LogP contribution is 2.31. The third-order valence-electron chi connectivity index (χ3n) is 6.05. The lowest BCUT2D eigenvalue weighted by Crippen LogP contribution is -2.40. The van der Waals surface area contributed by atoms with Gasteiger partial charge in [0.25, 0.3) is 0 Å². The van der Waals surface area contributed by atoms with Crippen LogP contribution >= 0.6 is 0 Å². The lowest BCUT2D eigenvalue weighted by atomic mass is 9.79. The van der Waals surface area contributed by atoms with Gasteiger partial charge in [-0.1, -0.05) is 25.0 Å². The van der Waals surface area contributed by atoms with E-state index in [1.807, 2.05) is 0 Å². The second-order valence-corrected chi connectivity index (χ2v) is 7.83. The number of amides is 2. The summed E-state index contributed by atoms with van der Waals surface area (Å²) >= 11 is 0. The minimum absolute atomic E-state index is 0.0448.